The van der Waals surface area contributed by atoms with Crippen molar-refractivity contribution in [2.24, 2.45) is 5.73 Å². The van der Waals surface area contributed by atoms with E-state index in [1.54, 1.807) is 0 Å². The Bertz CT molecular complexity index is 231. The monoisotopic (exact) mass is 169 g/mol. The molecule has 12 heavy (non-hydrogen) atoms. The number of carbonyl (C=O) groups excluding carboxylic acids is 1. The van der Waals surface area contributed by atoms with Gasteiger partial charge in [-0.2, -0.15) is 0 Å². The van der Waals surface area contributed by atoms with Gasteiger partial charge in [0.2, 0.25) is 0 Å². The maximum Gasteiger partial charge on any atom is 0.276 e. The predicted molar refractivity (Wildman–Crippen MR) is 48.3 cm³/mol. The fraction of sp³-hybridized carbons (Fsp3) is 0.667. The van der Waals surface area contributed by atoms with Gasteiger partial charge in [-0.05, 0) is 13.0 Å². The molecule has 0 spiro atoms. The van der Waals surface area contributed by atoms with E-state index in [2.05, 4.69) is 13.0 Å². The van der Waals surface area contributed by atoms with E-state index in [0.29, 0.717) is 4.48 Å². The van der Waals surface area contributed by atoms with Crippen molar-refractivity contribution >= 4 is 5.91 Å². The van der Waals surface area contributed by atoms with Gasteiger partial charge in [-0.3, -0.25) is 4.79 Å². The fourth-order valence-corrected chi connectivity index (χ4v) is 1.60. The van der Waals surface area contributed by atoms with E-state index in [4.69, 9.17) is 5.73 Å². The molecular formula is C9H17N2O+. The third kappa shape index (κ3) is 1.67. The second-order valence-electron chi connectivity index (χ2n) is 4.13. The first kappa shape index (κ1) is 9.26. The Kier molecular flexibility index (Phi) is 2.24. The molecule has 2 N–H and O–H groups in total. The van der Waals surface area contributed by atoms with Crippen molar-refractivity contribution < 1.29 is 9.28 Å². The summed E-state index contributed by atoms with van der Waals surface area (Å²) in [6.07, 6.45) is 2.99. The van der Waals surface area contributed by atoms with Gasteiger partial charge in [0.25, 0.3) is 5.91 Å². The van der Waals surface area contributed by atoms with Gasteiger partial charge in [-0.15, -0.1) is 0 Å². The van der Waals surface area contributed by atoms with Crippen LogP contribution in [0.4, 0.5) is 0 Å². The molecule has 1 aliphatic rings. The molecule has 1 rings (SSSR count). The lowest BCUT2D eigenvalue weighted by atomic mass is 9.99. The average Bonchev–Trinajstić information content (AvgIpc) is 1.94. The van der Waals surface area contributed by atoms with Crippen LogP contribution in [0.1, 0.15) is 13.3 Å². The van der Waals surface area contributed by atoms with Crippen LogP contribution in [0.2, 0.25) is 0 Å². The molecule has 0 saturated heterocycles. The summed E-state index contributed by atoms with van der Waals surface area (Å²) in [6, 6.07) is -0.0463. The zero-order valence-corrected chi connectivity index (χ0v) is 8.00. The first-order valence-corrected chi connectivity index (χ1v) is 4.21. The lowest BCUT2D eigenvalue weighted by Gasteiger charge is -2.38. The number of hydrogen-bond donors (Lipinski definition) is 1. The van der Waals surface area contributed by atoms with Gasteiger partial charge in [0.1, 0.15) is 0 Å². The molecular weight excluding hydrogens is 152 g/mol. The second kappa shape index (κ2) is 2.90. The van der Waals surface area contributed by atoms with Gasteiger partial charge in [-0.1, -0.05) is 5.57 Å². The first-order chi connectivity index (χ1) is 5.43. The standard InChI is InChI=1S/C9H16N2O/c1-7-4-5-11(2,3)8(6-7)9(10)12/h4,8H,5-6H2,1-3H3,(H-,10,12)/p+1/t8-/m0/s1. The minimum Gasteiger partial charge on any atom is -0.364 e. The van der Waals surface area contributed by atoms with Crippen molar-refractivity contribution in [3.05, 3.63) is 11.6 Å². The van der Waals surface area contributed by atoms with Gasteiger partial charge in [-0.25, -0.2) is 0 Å². The predicted octanol–water partition coefficient (Wildman–Crippen LogP) is 0.267. The van der Waals surface area contributed by atoms with Gasteiger partial charge >= 0.3 is 0 Å². The van der Waals surface area contributed by atoms with E-state index in [1.165, 1.54) is 5.57 Å². The summed E-state index contributed by atoms with van der Waals surface area (Å²) in [4.78, 5) is 11.1. The van der Waals surface area contributed by atoms with E-state index in [9.17, 15) is 4.79 Å². The van der Waals surface area contributed by atoms with Gasteiger partial charge in [0.05, 0.1) is 20.6 Å². The van der Waals surface area contributed by atoms with Crippen LogP contribution in [0.5, 0.6) is 0 Å². The highest BCUT2D eigenvalue weighted by molar-refractivity contribution is 5.79. The largest absolute Gasteiger partial charge is 0.364 e. The molecule has 1 heterocycles. The Hall–Kier alpha value is -0.830. The molecule has 0 unspecified atom stereocenters. The SMILES string of the molecule is CC1=CC[N+](C)(C)[C@H](C(N)=O)C1. The zero-order valence-electron chi connectivity index (χ0n) is 8.00. The number of hydrogen-bond acceptors (Lipinski definition) is 1. The highest BCUT2D eigenvalue weighted by Crippen LogP contribution is 2.20. The van der Waals surface area contributed by atoms with Crippen molar-refractivity contribution in [2.75, 3.05) is 20.6 Å². The van der Waals surface area contributed by atoms with E-state index in [0.717, 1.165) is 13.0 Å². The van der Waals surface area contributed by atoms with Crippen LogP contribution in [0.25, 0.3) is 0 Å². The summed E-state index contributed by atoms with van der Waals surface area (Å²) >= 11 is 0. The maximum atomic E-state index is 11.1. The summed E-state index contributed by atoms with van der Waals surface area (Å²) < 4.78 is 0.687. The number of carbonyl (C=O) groups is 1. The fourth-order valence-electron chi connectivity index (χ4n) is 1.60. The molecule has 0 saturated carbocycles. The Balaban J connectivity index is 2.85. The molecule has 0 aromatic rings. The number of primary amides is 1. The zero-order chi connectivity index (χ0) is 9.35. The molecule has 0 fully saturated rings. The lowest BCUT2D eigenvalue weighted by molar-refractivity contribution is -0.901. The number of rotatable bonds is 1. The number of nitrogens with zero attached hydrogens (tertiary/aromatic N) is 1. The summed E-state index contributed by atoms with van der Waals surface area (Å²) in [5, 5.41) is 0. The lowest BCUT2D eigenvalue weighted by Crippen LogP contribution is -2.56. The summed E-state index contributed by atoms with van der Waals surface area (Å²) in [5.74, 6) is -0.188. The average molecular weight is 169 g/mol. The van der Waals surface area contributed by atoms with Crippen molar-refractivity contribution in [2.45, 2.75) is 19.4 Å². The molecule has 0 radical (unpaired) electrons. The van der Waals surface area contributed by atoms with Crippen LogP contribution >= 0.6 is 0 Å². The third-order valence-electron chi connectivity index (χ3n) is 2.60. The molecule has 0 bridgehead atoms. The third-order valence-corrected chi connectivity index (χ3v) is 2.60. The minimum atomic E-state index is -0.188. The summed E-state index contributed by atoms with van der Waals surface area (Å²) in [6.45, 7) is 2.95. The molecule has 68 valence electrons. The van der Waals surface area contributed by atoms with E-state index >= 15 is 0 Å². The molecule has 1 amide bonds. The van der Waals surface area contributed by atoms with Crippen LogP contribution in [0.3, 0.4) is 0 Å². The van der Waals surface area contributed by atoms with E-state index < -0.39 is 0 Å². The van der Waals surface area contributed by atoms with Crippen LogP contribution in [0.15, 0.2) is 11.6 Å². The highest BCUT2D eigenvalue weighted by Gasteiger charge is 2.35. The van der Waals surface area contributed by atoms with Gasteiger partial charge < -0.3 is 10.2 Å². The van der Waals surface area contributed by atoms with Crippen LogP contribution < -0.4 is 5.73 Å². The molecule has 3 nitrogen and oxygen atoms in total. The van der Waals surface area contributed by atoms with Crippen molar-refractivity contribution in [1.82, 2.24) is 0 Å². The second-order valence-corrected chi connectivity index (χ2v) is 4.13. The summed E-state index contributed by atoms with van der Waals surface area (Å²) in [5.41, 5.74) is 6.60. The number of amides is 1. The maximum absolute atomic E-state index is 11.1. The van der Waals surface area contributed by atoms with Crippen molar-refractivity contribution in [1.29, 1.82) is 0 Å². The molecule has 3 heteroatoms. The molecule has 0 aromatic heterocycles. The number of quaternary nitrogens is 1. The number of likely N-dealkylation sites (N-methyl/N-ethyl adjacent to an activating group) is 1. The highest BCUT2D eigenvalue weighted by atomic mass is 16.1. The quantitative estimate of drug-likeness (QED) is 0.444. The van der Waals surface area contributed by atoms with E-state index in [1.807, 2.05) is 14.1 Å². The topological polar surface area (TPSA) is 43.1 Å². The minimum absolute atomic E-state index is 0.0463. The Morgan fingerprint density at radius 1 is 1.67 bits per heavy atom. The van der Waals surface area contributed by atoms with Crippen molar-refractivity contribution in [3.63, 3.8) is 0 Å². The molecule has 0 aliphatic carbocycles. The van der Waals surface area contributed by atoms with Crippen LogP contribution in [-0.2, 0) is 4.79 Å². The van der Waals surface area contributed by atoms with Crippen LogP contribution in [-0.4, -0.2) is 37.1 Å². The Labute approximate surface area is 73.4 Å². The van der Waals surface area contributed by atoms with E-state index in [-0.39, 0.29) is 11.9 Å². The van der Waals surface area contributed by atoms with Crippen molar-refractivity contribution in [3.8, 4) is 0 Å². The van der Waals surface area contributed by atoms with Gasteiger partial charge in [0.15, 0.2) is 6.04 Å². The first-order valence-electron chi connectivity index (χ1n) is 4.21. The molecule has 0 aromatic carbocycles. The summed E-state index contributed by atoms with van der Waals surface area (Å²) in [7, 11) is 4.08. The Morgan fingerprint density at radius 2 is 2.25 bits per heavy atom. The normalized spacial score (nSPS) is 27.9. The molecule has 1 aliphatic heterocycles. The molecule has 1 atom stereocenters. The number of nitrogens with two attached hydrogens (primary N) is 1. The Morgan fingerprint density at radius 3 is 2.67 bits per heavy atom. The van der Waals surface area contributed by atoms with Crippen LogP contribution in [0, 0.1) is 0 Å². The van der Waals surface area contributed by atoms with Gasteiger partial charge in [0, 0.05) is 6.42 Å². The smallest absolute Gasteiger partial charge is 0.276 e.